The van der Waals surface area contributed by atoms with Gasteiger partial charge in [0.1, 0.15) is 11.6 Å². The highest BCUT2D eigenvalue weighted by Crippen LogP contribution is 2.30. The third-order valence-electron chi connectivity index (χ3n) is 3.95. The number of nitrogens with one attached hydrogen (secondary N) is 1. The number of rotatable bonds is 5. The summed E-state index contributed by atoms with van der Waals surface area (Å²) < 4.78 is 32.7. The van der Waals surface area contributed by atoms with E-state index in [0.29, 0.717) is 5.02 Å². The molecule has 0 saturated heterocycles. The van der Waals surface area contributed by atoms with Crippen molar-refractivity contribution in [3.63, 3.8) is 0 Å². The number of ether oxygens (including phenoxy) is 1. The van der Waals surface area contributed by atoms with Gasteiger partial charge >= 0.3 is 0 Å². The van der Waals surface area contributed by atoms with Crippen LogP contribution < -0.4 is 10.1 Å². The zero-order chi connectivity index (χ0) is 19.4. The average molecular weight is 388 g/mol. The molecule has 0 radical (unpaired) electrons. The van der Waals surface area contributed by atoms with Gasteiger partial charge in [-0.3, -0.25) is 4.79 Å². The summed E-state index contributed by atoms with van der Waals surface area (Å²) >= 11 is 6.00. The van der Waals surface area contributed by atoms with E-state index in [1.165, 1.54) is 18.2 Å². The lowest BCUT2D eigenvalue weighted by molar-refractivity contribution is 0.0937. The van der Waals surface area contributed by atoms with Gasteiger partial charge in [0, 0.05) is 11.1 Å². The molecule has 0 heterocycles. The molecule has 138 valence electrons. The molecule has 1 amide bonds. The first-order chi connectivity index (χ1) is 12.9. The minimum Gasteiger partial charge on any atom is -0.453 e. The highest BCUT2D eigenvalue weighted by atomic mass is 35.5. The molecule has 0 fully saturated rings. The number of amides is 1. The van der Waals surface area contributed by atoms with Gasteiger partial charge in [-0.15, -0.1) is 0 Å². The Labute approximate surface area is 160 Å². The van der Waals surface area contributed by atoms with Gasteiger partial charge in [0.25, 0.3) is 5.91 Å². The molecule has 3 nitrogen and oxygen atoms in total. The molecular weight excluding hydrogens is 372 g/mol. The summed E-state index contributed by atoms with van der Waals surface area (Å²) in [6, 6.07) is 16.4. The zero-order valence-electron chi connectivity index (χ0n) is 14.4. The second kappa shape index (κ2) is 8.18. The summed E-state index contributed by atoms with van der Waals surface area (Å²) in [4.78, 5) is 12.7. The number of hydrogen-bond acceptors (Lipinski definition) is 2. The first kappa shape index (κ1) is 18.9. The van der Waals surface area contributed by atoms with Crippen LogP contribution in [0.4, 0.5) is 8.78 Å². The fourth-order valence-corrected chi connectivity index (χ4v) is 2.71. The maximum Gasteiger partial charge on any atom is 0.255 e. The normalized spacial score (nSPS) is 11.7. The third kappa shape index (κ3) is 4.63. The van der Waals surface area contributed by atoms with Crippen molar-refractivity contribution in [2.45, 2.75) is 13.0 Å². The van der Waals surface area contributed by atoms with E-state index in [9.17, 15) is 13.6 Å². The molecule has 0 aromatic heterocycles. The van der Waals surface area contributed by atoms with Crippen LogP contribution in [0, 0.1) is 11.6 Å². The van der Waals surface area contributed by atoms with Crippen LogP contribution in [0.2, 0.25) is 5.02 Å². The Hall–Kier alpha value is -2.92. The minimum absolute atomic E-state index is 0.0710. The third-order valence-corrected chi connectivity index (χ3v) is 4.18. The fraction of sp³-hybridized carbons (Fsp3) is 0.0952. The van der Waals surface area contributed by atoms with Crippen molar-refractivity contribution in [1.82, 2.24) is 5.32 Å². The van der Waals surface area contributed by atoms with Crippen LogP contribution in [0.15, 0.2) is 66.7 Å². The Morgan fingerprint density at radius 1 is 1.00 bits per heavy atom. The molecular formula is C21H16ClF2NO2. The maximum atomic E-state index is 13.9. The van der Waals surface area contributed by atoms with Crippen molar-refractivity contribution in [1.29, 1.82) is 0 Å². The lowest BCUT2D eigenvalue weighted by atomic mass is 10.1. The molecule has 6 heteroatoms. The van der Waals surface area contributed by atoms with E-state index in [4.69, 9.17) is 16.3 Å². The summed E-state index contributed by atoms with van der Waals surface area (Å²) in [7, 11) is 0. The first-order valence-corrected chi connectivity index (χ1v) is 8.60. The van der Waals surface area contributed by atoms with E-state index in [2.05, 4.69) is 5.32 Å². The van der Waals surface area contributed by atoms with Gasteiger partial charge in [0.2, 0.25) is 0 Å². The van der Waals surface area contributed by atoms with Gasteiger partial charge in [0.05, 0.1) is 11.6 Å². The largest absolute Gasteiger partial charge is 0.453 e. The molecule has 0 aliphatic rings. The number of benzene rings is 3. The van der Waals surface area contributed by atoms with Crippen molar-refractivity contribution in [2.75, 3.05) is 0 Å². The molecule has 27 heavy (non-hydrogen) atoms. The molecule has 0 spiro atoms. The molecule has 0 unspecified atom stereocenters. The molecule has 3 aromatic rings. The van der Waals surface area contributed by atoms with Gasteiger partial charge in [-0.1, -0.05) is 41.9 Å². The quantitative estimate of drug-likeness (QED) is 0.591. The van der Waals surface area contributed by atoms with Crippen LogP contribution in [0.3, 0.4) is 0 Å². The molecule has 3 aromatic carbocycles. The number of halogens is 3. The lowest BCUT2D eigenvalue weighted by Crippen LogP contribution is -2.27. The maximum absolute atomic E-state index is 13.9. The van der Waals surface area contributed by atoms with Crippen LogP contribution in [0.5, 0.6) is 11.5 Å². The smallest absolute Gasteiger partial charge is 0.255 e. The summed E-state index contributed by atoms with van der Waals surface area (Å²) in [5.74, 6) is -2.08. The van der Waals surface area contributed by atoms with Crippen LogP contribution in [-0.4, -0.2) is 5.91 Å². The SMILES string of the molecule is C[C@H](NC(=O)c1cc(Cl)ccc1Oc1cc(F)ccc1F)c1ccccc1. The Kier molecular flexibility index (Phi) is 5.72. The average Bonchev–Trinajstić information content (AvgIpc) is 2.66. The van der Waals surface area contributed by atoms with Crippen LogP contribution in [0.1, 0.15) is 28.9 Å². The molecule has 0 aliphatic carbocycles. The zero-order valence-corrected chi connectivity index (χ0v) is 15.1. The molecule has 3 rings (SSSR count). The molecule has 0 bridgehead atoms. The Morgan fingerprint density at radius 3 is 2.48 bits per heavy atom. The summed E-state index contributed by atoms with van der Waals surface area (Å²) in [5, 5.41) is 3.17. The summed E-state index contributed by atoms with van der Waals surface area (Å²) in [5.41, 5.74) is 1.04. The molecule has 0 aliphatic heterocycles. The molecule has 0 saturated carbocycles. The molecule has 1 N–H and O–H groups in total. The van der Waals surface area contributed by atoms with Crippen molar-refractivity contribution in [2.24, 2.45) is 0 Å². The van der Waals surface area contributed by atoms with Gasteiger partial charge in [-0.05, 0) is 42.8 Å². The number of hydrogen-bond donors (Lipinski definition) is 1. The second-order valence-electron chi connectivity index (χ2n) is 5.92. The second-order valence-corrected chi connectivity index (χ2v) is 6.36. The highest BCUT2D eigenvalue weighted by molar-refractivity contribution is 6.31. The number of carbonyl (C=O) groups is 1. The van der Waals surface area contributed by atoms with E-state index < -0.39 is 17.5 Å². The fourth-order valence-electron chi connectivity index (χ4n) is 2.54. The predicted molar refractivity (Wildman–Crippen MR) is 100 cm³/mol. The minimum atomic E-state index is -0.740. The van der Waals surface area contributed by atoms with E-state index >= 15 is 0 Å². The van der Waals surface area contributed by atoms with E-state index in [-0.39, 0.29) is 23.1 Å². The van der Waals surface area contributed by atoms with Crippen molar-refractivity contribution >= 4 is 17.5 Å². The van der Waals surface area contributed by atoms with E-state index in [1.54, 1.807) is 0 Å². The number of carbonyl (C=O) groups excluding carboxylic acids is 1. The van der Waals surface area contributed by atoms with Crippen molar-refractivity contribution < 1.29 is 18.3 Å². The van der Waals surface area contributed by atoms with Gasteiger partial charge in [-0.2, -0.15) is 0 Å². The van der Waals surface area contributed by atoms with Crippen LogP contribution in [0.25, 0.3) is 0 Å². The van der Waals surface area contributed by atoms with Crippen molar-refractivity contribution in [3.05, 3.63) is 94.5 Å². The first-order valence-electron chi connectivity index (χ1n) is 8.22. The summed E-state index contributed by atoms with van der Waals surface area (Å²) in [6.45, 7) is 1.84. The van der Waals surface area contributed by atoms with Gasteiger partial charge in [-0.25, -0.2) is 8.78 Å². The lowest BCUT2D eigenvalue weighted by Gasteiger charge is -2.17. The van der Waals surface area contributed by atoms with Gasteiger partial charge < -0.3 is 10.1 Å². The predicted octanol–water partition coefficient (Wildman–Crippen LogP) is 5.90. The monoisotopic (exact) mass is 387 g/mol. The van der Waals surface area contributed by atoms with Crippen LogP contribution in [-0.2, 0) is 0 Å². The summed E-state index contributed by atoms with van der Waals surface area (Å²) in [6.07, 6.45) is 0. The van der Waals surface area contributed by atoms with Crippen LogP contribution >= 0.6 is 11.6 Å². The van der Waals surface area contributed by atoms with Crippen molar-refractivity contribution in [3.8, 4) is 11.5 Å². The van der Waals surface area contributed by atoms with E-state index in [1.807, 2.05) is 37.3 Å². The Bertz CT molecular complexity index is 964. The Balaban J connectivity index is 1.87. The Morgan fingerprint density at radius 2 is 1.74 bits per heavy atom. The van der Waals surface area contributed by atoms with Gasteiger partial charge in [0.15, 0.2) is 11.6 Å². The molecule has 1 atom stereocenters. The van der Waals surface area contributed by atoms with E-state index in [0.717, 1.165) is 23.8 Å². The topological polar surface area (TPSA) is 38.3 Å². The highest BCUT2D eigenvalue weighted by Gasteiger charge is 2.18. The standard InChI is InChI=1S/C21H16ClF2NO2/c1-13(14-5-3-2-4-6-14)25-21(26)17-11-15(22)7-10-19(17)27-20-12-16(23)8-9-18(20)24/h2-13H,1H3,(H,25,26)/t13-/m0/s1.